The quantitative estimate of drug-likeness (QED) is 0.467. The highest BCUT2D eigenvalue weighted by molar-refractivity contribution is 5.75. The highest BCUT2D eigenvalue weighted by atomic mass is 16.5. The molecule has 0 aliphatic heterocycles. The Morgan fingerprint density at radius 3 is 2.70 bits per heavy atom. The van der Waals surface area contributed by atoms with Gasteiger partial charge in [0, 0.05) is 17.5 Å². The van der Waals surface area contributed by atoms with Crippen molar-refractivity contribution >= 4 is 6.29 Å². The molecule has 2 aromatic carbocycles. The lowest BCUT2D eigenvalue weighted by Gasteiger charge is -2.03. The lowest BCUT2D eigenvalue weighted by Crippen LogP contribution is -1.96. The zero-order chi connectivity index (χ0) is 14.0. The van der Waals surface area contributed by atoms with E-state index in [1.165, 1.54) is 0 Å². The van der Waals surface area contributed by atoms with E-state index in [1.54, 1.807) is 12.1 Å². The van der Waals surface area contributed by atoms with Crippen LogP contribution >= 0.6 is 0 Å². The summed E-state index contributed by atoms with van der Waals surface area (Å²) in [4.78, 5) is 10.6. The van der Waals surface area contributed by atoms with Gasteiger partial charge in [0.05, 0.1) is 6.61 Å². The van der Waals surface area contributed by atoms with Gasteiger partial charge >= 0.3 is 0 Å². The van der Waals surface area contributed by atoms with E-state index in [4.69, 9.17) is 4.74 Å². The van der Waals surface area contributed by atoms with Crippen LogP contribution in [0, 0.1) is 11.8 Å². The molecule has 0 unspecified atom stereocenters. The van der Waals surface area contributed by atoms with E-state index in [1.807, 2.05) is 42.5 Å². The van der Waals surface area contributed by atoms with Crippen LogP contribution in [0.1, 0.15) is 28.8 Å². The maximum absolute atomic E-state index is 10.6. The number of benzene rings is 2. The first-order valence-corrected chi connectivity index (χ1v) is 6.60. The second kappa shape index (κ2) is 7.81. The Morgan fingerprint density at radius 2 is 1.90 bits per heavy atom. The largest absolute Gasteiger partial charge is 0.494 e. The van der Waals surface area contributed by atoms with Crippen molar-refractivity contribution < 1.29 is 9.53 Å². The first-order chi connectivity index (χ1) is 9.88. The Balaban J connectivity index is 1.73. The average Bonchev–Trinajstić information content (AvgIpc) is 2.52. The van der Waals surface area contributed by atoms with Crippen molar-refractivity contribution in [1.29, 1.82) is 0 Å². The summed E-state index contributed by atoms with van der Waals surface area (Å²) in [6.07, 6.45) is 2.49. The summed E-state index contributed by atoms with van der Waals surface area (Å²) in [5.74, 6) is 7.04. The molecule has 0 bridgehead atoms. The minimum absolute atomic E-state index is 0.657. The van der Waals surface area contributed by atoms with E-state index in [-0.39, 0.29) is 0 Å². The second-order valence-electron chi connectivity index (χ2n) is 4.31. The molecule has 0 aromatic heterocycles. The lowest BCUT2D eigenvalue weighted by molar-refractivity contribution is 0.112. The molecule has 0 N–H and O–H groups in total. The van der Waals surface area contributed by atoms with E-state index < -0.39 is 0 Å². The number of ether oxygens (including phenoxy) is 1. The molecule has 2 heteroatoms. The highest BCUT2D eigenvalue weighted by Gasteiger charge is 1.92. The molecule has 2 nitrogen and oxygen atoms in total. The summed E-state index contributed by atoms with van der Waals surface area (Å²) >= 11 is 0. The van der Waals surface area contributed by atoms with Gasteiger partial charge in [-0.2, -0.15) is 0 Å². The Labute approximate surface area is 119 Å². The van der Waals surface area contributed by atoms with Gasteiger partial charge in [0.1, 0.15) is 12.0 Å². The number of unbranched alkanes of at least 4 members (excludes halogenated alkanes) is 1. The fourth-order valence-corrected chi connectivity index (χ4v) is 1.72. The molecule has 0 spiro atoms. The lowest BCUT2D eigenvalue weighted by atomic mass is 10.1. The molecule has 0 radical (unpaired) electrons. The molecular weight excluding hydrogens is 248 g/mol. The van der Waals surface area contributed by atoms with Gasteiger partial charge in [0.15, 0.2) is 0 Å². The molecular formula is C18H16O2. The molecule has 0 aliphatic rings. The molecule has 0 fully saturated rings. The standard InChI is InChI=1S/C18H16O2/c19-15-17-10-7-9-16(14-17)8-3-2-6-13-20-18-11-4-1-5-12-18/h1,4-5,7,9-12,14-15H,2,6,13H2. The van der Waals surface area contributed by atoms with Gasteiger partial charge in [-0.15, -0.1) is 0 Å². The van der Waals surface area contributed by atoms with Crippen LogP contribution in [-0.2, 0) is 0 Å². The van der Waals surface area contributed by atoms with Crippen molar-refractivity contribution in [1.82, 2.24) is 0 Å². The van der Waals surface area contributed by atoms with Crippen LogP contribution in [0.3, 0.4) is 0 Å². The summed E-state index contributed by atoms with van der Waals surface area (Å²) in [6.45, 7) is 0.660. The maximum Gasteiger partial charge on any atom is 0.150 e. The minimum Gasteiger partial charge on any atom is -0.494 e. The average molecular weight is 264 g/mol. The topological polar surface area (TPSA) is 26.3 Å². The molecule has 0 saturated heterocycles. The highest BCUT2D eigenvalue weighted by Crippen LogP contribution is 2.08. The van der Waals surface area contributed by atoms with Gasteiger partial charge in [0.2, 0.25) is 0 Å². The molecule has 20 heavy (non-hydrogen) atoms. The van der Waals surface area contributed by atoms with Crippen LogP contribution in [-0.4, -0.2) is 12.9 Å². The summed E-state index contributed by atoms with van der Waals surface area (Å²) < 4.78 is 5.58. The van der Waals surface area contributed by atoms with Crippen LogP contribution in [0.2, 0.25) is 0 Å². The Morgan fingerprint density at radius 1 is 1.05 bits per heavy atom. The molecule has 100 valence electrons. The van der Waals surface area contributed by atoms with Crippen molar-refractivity contribution in [3.05, 3.63) is 65.7 Å². The van der Waals surface area contributed by atoms with E-state index in [0.29, 0.717) is 12.2 Å². The number of hydrogen-bond donors (Lipinski definition) is 0. The fourth-order valence-electron chi connectivity index (χ4n) is 1.72. The normalized spacial score (nSPS) is 9.40. The third-order valence-electron chi connectivity index (χ3n) is 2.71. The van der Waals surface area contributed by atoms with Gasteiger partial charge in [-0.3, -0.25) is 4.79 Å². The third-order valence-corrected chi connectivity index (χ3v) is 2.71. The first kappa shape index (κ1) is 13.9. The van der Waals surface area contributed by atoms with Crippen molar-refractivity contribution in [3.8, 4) is 17.6 Å². The Kier molecular flexibility index (Phi) is 5.42. The third kappa shape index (κ3) is 4.62. The van der Waals surface area contributed by atoms with E-state index in [9.17, 15) is 4.79 Å². The minimum atomic E-state index is 0.657. The van der Waals surface area contributed by atoms with E-state index >= 15 is 0 Å². The summed E-state index contributed by atoms with van der Waals surface area (Å²) in [6, 6.07) is 17.1. The van der Waals surface area contributed by atoms with Crippen molar-refractivity contribution in [3.63, 3.8) is 0 Å². The van der Waals surface area contributed by atoms with Crippen LogP contribution in [0.4, 0.5) is 0 Å². The number of para-hydroxylation sites is 1. The molecule has 0 atom stereocenters. The van der Waals surface area contributed by atoms with Crippen LogP contribution in [0.5, 0.6) is 5.75 Å². The molecule has 0 saturated carbocycles. The van der Waals surface area contributed by atoms with Crippen LogP contribution in [0.15, 0.2) is 54.6 Å². The van der Waals surface area contributed by atoms with Gasteiger partial charge < -0.3 is 4.74 Å². The predicted molar refractivity (Wildman–Crippen MR) is 79.9 cm³/mol. The summed E-state index contributed by atoms with van der Waals surface area (Å²) in [5.41, 5.74) is 1.53. The predicted octanol–water partition coefficient (Wildman–Crippen LogP) is 3.71. The smallest absolute Gasteiger partial charge is 0.150 e. The molecule has 0 amide bonds. The van der Waals surface area contributed by atoms with E-state index in [2.05, 4.69) is 11.8 Å². The SMILES string of the molecule is O=Cc1cccc(C#CCCCOc2ccccc2)c1. The number of rotatable bonds is 5. The van der Waals surface area contributed by atoms with Crippen molar-refractivity contribution in [2.45, 2.75) is 12.8 Å². The first-order valence-electron chi connectivity index (χ1n) is 6.60. The van der Waals surface area contributed by atoms with Gasteiger partial charge in [0.25, 0.3) is 0 Å². The Bertz CT molecular complexity index is 606. The summed E-state index contributed by atoms with van der Waals surface area (Å²) in [7, 11) is 0. The fraction of sp³-hybridized carbons (Fsp3) is 0.167. The number of hydrogen-bond acceptors (Lipinski definition) is 2. The van der Waals surface area contributed by atoms with Gasteiger partial charge in [-0.25, -0.2) is 0 Å². The van der Waals surface area contributed by atoms with Gasteiger partial charge in [-0.1, -0.05) is 42.2 Å². The van der Waals surface area contributed by atoms with Crippen molar-refractivity contribution in [2.75, 3.05) is 6.61 Å². The van der Waals surface area contributed by atoms with Crippen molar-refractivity contribution in [2.24, 2.45) is 0 Å². The Hall–Kier alpha value is -2.53. The van der Waals surface area contributed by atoms with Gasteiger partial charge in [-0.05, 0) is 30.7 Å². The molecule has 2 rings (SSSR count). The molecule has 0 heterocycles. The zero-order valence-electron chi connectivity index (χ0n) is 11.2. The second-order valence-corrected chi connectivity index (χ2v) is 4.31. The maximum atomic E-state index is 10.6. The molecule has 0 aliphatic carbocycles. The summed E-state index contributed by atoms with van der Waals surface area (Å²) in [5, 5.41) is 0. The number of carbonyl (C=O) groups is 1. The van der Waals surface area contributed by atoms with E-state index in [0.717, 1.165) is 30.4 Å². The zero-order valence-corrected chi connectivity index (χ0v) is 11.2. The number of aldehydes is 1. The number of carbonyl (C=O) groups excluding carboxylic acids is 1. The van der Waals surface area contributed by atoms with Crippen LogP contribution < -0.4 is 4.74 Å². The van der Waals surface area contributed by atoms with Crippen LogP contribution in [0.25, 0.3) is 0 Å². The monoisotopic (exact) mass is 264 g/mol. The molecule has 2 aromatic rings.